The Labute approximate surface area is 117 Å². The second kappa shape index (κ2) is 7.51. The fraction of sp³-hybridized carbons (Fsp3) is 0.625. The van der Waals surface area contributed by atoms with E-state index in [2.05, 4.69) is 52.4 Å². The second-order valence-corrected chi connectivity index (χ2v) is 5.45. The largest absolute Gasteiger partial charge is 0.369 e. The first-order valence-electron chi connectivity index (χ1n) is 7.50. The molecule has 3 nitrogen and oxygen atoms in total. The zero-order chi connectivity index (χ0) is 13.5. The standard InChI is InChI=1S/C16H27N3/c1-15(7-6-10-17-2)18-11-13-19(14-12-18)16-8-4-3-5-9-16/h3-5,8-9,15,17H,6-7,10-14H2,1-2H3. The van der Waals surface area contributed by atoms with Crippen molar-refractivity contribution in [3.8, 4) is 0 Å². The number of nitrogens with one attached hydrogen (secondary N) is 1. The molecule has 0 aliphatic carbocycles. The molecule has 3 heteroatoms. The van der Waals surface area contributed by atoms with Crippen molar-refractivity contribution in [2.45, 2.75) is 25.8 Å². The van der Waals surface area contributed by atoms with E-state index in [-0.39, 0.29) is 0 Å². The Hall–Kier alpha value is -1.06. The van der Waals surface area contributed by atoms with Crippen molar-refractivity contribution in [1.29, 1.82) is 0 Å². The van der Waals surface area contributed by atoms with Gasteiger partial charge in [0.15, 0.2) is 0 Å². The van der Waals surface area contributed by atoms with Gasteiger partial charge in [-0.15, -0.1) is 0 Å². The van der Waals surface area contributed by atoms with Crippen LogP contribution < -0.4 is 10.2 Å². The Kier molecular flexibility index (Phi) is 5.67. The van der Waals surface area contributed by atoms with Crippen molar-refractivity contribution >= 4 is 5.69 Å². The molecule has 0 spiro atoms. The molecular formula is C16H27N3. The highest BCUT2D eigenvalue weighted by Gasteiger charge is 2.20. The van der Waals surface area contributed by atoms with Gasteiger partial charge in [-0.2, -0.15) is 0 Å². The minimum Gasteiger partial charge on any atom is -0.369 e. The minimum absolute atomic E-state index is 0.714. The van der Waals surface area contributed by atoms with E-state index in [0.29, 0.717) is 6.04 Å². The van der Waals surface area contributed by atoms with Crippen LogP contribution in [-0.4, -0.2) is 50.7 Å². The molecule has 1 fully saturated rings. The maximum Gasteiger partial charge on any atom is 0.0367 e. The van der Waals surface area contributed by atoms with Crippen molar-refractivity contribution < 1.29 is 0 Å². The number of anilines is 1. The van der Waals surface area contributed by atoms with E-state index in [1.165, 1.54) is 31.6 Å². The van der Waals surface area contributed by atoms with Crippen molar-refractivity contribution in [1.82, 2.24) is 10.2 Å². The average molecular weight is 261 g/mol. The molecule has 106 valence electrons. The highest BCUT2D eigenvalue weighted by molar-refractivity contribution is 5.46. The predicted molar refractivity (Wildman–Crippen MR) is 82.9 cm³/mol. The van der Waals surface area contributed by atoms with Crippen LogP contribution in [0.5, 0.6) is 0 Å². The minimum atomic E-state index is 0.714. The van der Waals surface area contributed by atoms with E-state index in [1.807, 2.05) is 7.05 Å². The van der Waals surface area contributed by atoms with Crippen LogP contribution in [-0.2, 0) is 0 Å². The number of nitrogens with zero attached hydrogens (tertiary/aromatic N) is 2. The van der Waals surface area contributed by atoms with Gasteiger partial charge in [0.25, 0.3) is 0 Å². The predicted octanol–water partition coefficient (Wildman–Crippen LogP) is 2.20. The normalized spacial score (nSPS) is 18.5. The van der Waals surface area contributed by atoms with Gasteiger partial charge in [0.05, 0.1) is 0 Å². The summed E-state index contributed by atoms with van der Waals surface area (Å²) < 4.78 is 0. The van der Waals surface area contributed by atoms with Crippen LogP contribution in [0.25, 0.3) is 0 Å². The van der Waals surface area contributed by atoms with E-state index in [9.17, 15) is 0 Å². The monoisotopic (exact) mass is 261 g/mol. The summed E-state index contributed by atoms with van der Waals surface area (Å²) in [6, 6.07) is 11.5. The molecule has 1 heterocycles. The lowest BCUT2D eigenvalue weighted by atomic mass is 10.1. The quantitative estimate of drug-likeness (QED) is 0.792. The molecule has 1 atom stereocenters. The number of hydrogen-bond acceptors (Lipinski definition) is 3. The molecular weight excluding hydrogens is 234 g/mol. The van der Waals surface area contributed by atoms with Gasteiger partial charge >= 0.3 is 0 Å². The van der Waals surface area contributed by atoms with E-state index < -0.39 is 0 Å². The van der Waals surface area contributed by atoms with Crippen molar-refractivity contribution in [3.63, 3.8) is 0 Å². The molecule has 1 aromatic carbocycles. The fourth-order valence-corrected chi connectivity index (χ4v) is 2.82. The van der Waals surface area contributed by atoms with Crippen molar-refractivity contribution in [3.05, 3.63) is 30.3 Å². The first-order chi connectivity index (χ1) is 9.31. The number of rotatable bonds is 6. The first kappa shape index (κ1) is 14.4. The summed E-state index contributed by atoms with van der Waals surface area (Å²) >= 11 is 0. The number of para-hydroxylation sites is 1. The molecule has 1 saturated heterocycles. The van der Waals surface area contributed by atoms with Crippen LogP contribution >= 0.6 is 0 Å². The molecule has 1 unspecified atom stereocenters. The lowest BCUT2D eigenvalue weighted by Gasteiger charge is -2.39. The van der Waals surface area contributed by atoms with E-state index in [1.54, 1.807) is 0 Å². The molecule has 1 aliphatic heterocycles. The maximum absolute atomic E-state index is 3.23. The lowest BCUT2D eigenvalue weighted by molar-refractivity contribution is 0.186. The fourth-order valence-electron chi connectivity index (χ4n) is 2.82. The molecule has 1 aliphatic rings. The Morgan fingerprint density at radius 1 is 1.11 bits per heavy atom. The third-order valence-electron chi connectivity index (χ3n) is 4.11. The Morgan fingerprint density at radius 3 is 2.42 bits per heavy atom. The van der Waals surface area contributed by atoms with E-state index >= 15 is 0 Å². The van der Waals surface area contributed by atoms with Gasteiger partial charge in [0.2, 0.25) is 0 Å². The highest BCUT2D eigenvalue weighted by Crippen LogP contribution is 2.17. The molecule has 0 radical (unpaired) electrons. The smallest absolute Gasteiger partial charge is 0.0367 e. The summed E-state index contributed by atoms with van der Waals surface area (Å²) in [4.78, 5) is 5.13. The second-order valence-electron chi connectivity index (χ2n) is 5.45. The van der Waals surface area contributed by atoms with Crippen LogP contribution in [0.2, 0.25) is 0 Å². The lowest BCUT2D eigenvalue weighted by Crippen LogP contribution is -2.49. The number of hydrogen-bond donors (Lipinski definition) is 1. The molecule has 0 aromatic heterocycles. The Balaban J connectivity index is 1.76. The van der Waals surface area contributed by atoms with Gasteiger partial charge in [-0.25, -0.2) is 0 Å². The third kappa shape index (κ3) is 4.22. The zero-order valence-electron chi connectivity index (χ0n) is 12.3. The van der Waals surface area contributed by atoms with E-state index in [0.717, 1.165) is 19.6 Å². The first-order valence-corrected chi connectivity index (χ1v) is 7.50. The van der Waals surface area contributed by atoms with Crippen LogP contribution in [0.1, 0.15) is 19.8 Å². The summed E-state index contributed by atoms with van der Waals surface area (Å²) in [6.45, 7) is 8.19. The van der Waals surface area contributed by atoms with Crippen molar-refractivity contribution in [2.24, 2.45) is 0 Å². The number of benzene rings is 1. The van der Waals surface area contributed by atoms with Crippen molar-refractivity contribution in [2.75, 3.05) is 44.7 Å². The van der Waals surface area contributed by atoms with Crippen LogP contribution in [0.4, 0.5) is 5.69 Å². The van der Waals surface area contributed by atoms with Gasteiger partial charge < -0.3 is 10.2 Å². The van der Waals surface area contributed by atoms with Gasteiger partial charge in [0.1, 0.15) is 0 Å². The summed E-state index contributed by atoms with van der Waals surface area (Å²) in [6.07, 6.45) is 2.57. The molecule has 19 heavy (non-hydrogen) atoms. The Bertz CT molecular complexity index is 344. The summed E-state index contributed by atoms with van der Waals surface area (Å²) in [5.41, 5.74) is 1.37. The average Bonchev–Trinajstić information content (AvgIpc) is 2.48. The van der Waals surface area contributed by atoms with Gasteiger partial charge in [-0.3, -0.25) is 4.90 Å². The molecule has 0 saturated carbocycles. The summed E-state index contributed by atoms with van der Waals surface area (Å²) in [5.74, 6) is 0. The third-order valence-corrected chi connectivity index (χ3v) is 4.11. The molecule has 1 N–H and O–H groups in total. The van der Waals surface area contributed by atoms with Crippen LogP contribution in [0, 0.1) is 0 Å². The molecule has 1 aromatic rings. The SMILES string of the molecule is CNCCCC(C)N1CCN(c2ccccc2)CC1. The van der Waals surface area contributed by atoms with Crippen LogP contribution in [0.3, 0.4) is 0 Å². The molecule has 0 bridgehead atoms. The highest BCUT2D eigenvalue weighted by atomic mass is 15.3. The Morgan fingerprint density at radius 2 is 1.79 bits per heavy atom. The molecule has 2 rings (SSSR count). The maximum atomic E-state index is 3.23. The summed E-state index contributed by atoms with van der Waals surface area (Å²) in [5, 5.41) is 3.23. The van der Waals surface area contributed by atoms with E-state index in [4.69, 9.17) is 0 Å². The van der Waals surface area contributed by atoms with Gasteiger partial charge in [-0.05, 0) is 45.5 Å². The van der Waals surface area contributed by atoms with Gasteiger partial charge in [0, 0.05) is 37.9 Å². The topological polar surface area (TPSA) is 18.5 Å². The molecule has 0 amide bonds. The van der Waals surface area contributed by atoms with Gasteiger partial charge in [-0.1, -0.05) is 18.2 Å². The summed E-state index contributed by atoms with van der Waals surface area (Å²) in [7, 11) is 2.03. The number of piperazine rings is 1. The zero-order valence-corrected chi connectivity index (χ0v) is 12.3. The van der Waals surface area contributed by atoms with Crippen LogP contribution in [0.15, 0.2) is 30.3 Å².